The van der Waals surface area contributed by atoms with Crippen LogP contribution in [-0.2, 0) is 23.6 Å². The third kappa shape index (κ3) is 6.16. The fraction of sp³-hybridized carbons (Fsp3) is 0.235. The van der Waals surface area contributed by atoms with E-state index in [1.54, 1.807) is 17.7 Å². The molecule has 4 aromatic carbocycles. The zero-order valence-electron chi connectivity index (χ0n) is 23.8. The normalized spacial score (nSPS) is 21.1. The number of fused-ring (bicyclic) bond motifs is 4. The Bertz CT molecular complexity index is 1500. The number of hydrogen-bond donors (Lipinski definition) is 0. The van der Waals surface area contributed by atoms with Crippen LogP contribution in [0.15, 0.2) is 97.1 Å². The molecular formula is C34H33Cl2F2N3Ti-2. The fourth-order valence-electron chi connectivity index (χ4n) is 6.78. The van der Waals surface area contributed by atoms with Crippen LogP contribution in [0.4, 0.5) is 20.2 Å². The third-order valence-corrected chi connectivity index (χ3v) is 8.42. The van der Waals surface area contributed by atoms with Crippen LogP contribution in [0.25, 0.3) is 5.41 Å². The Balaban J connectivity index is 0.000000174. The van der Waals surface area contributed by atoms with Gasteiger partial charge in [-0.25, -0.2) is 8.78 Å². The molecule has 42 heavy (non-hydrogen) atoms. The SMILES string of the molecule is CC1CC2c3ccccc3N(C)C2C1c1ccccc1.[CH3-].[Cl][Ti][Cl].[N-]=C1c2ccccc2CN1c1c(F)cccc1F. The van der Waals surface area contributed by atoms with Crippen LogP contribution in [0, 0.1) is 25.0 Å². The predicted molar refractivity (Wildman–Crippen MR) is 169 cm³/mol. The fourth-order valence-corrected chi connectivity index (χ4v) is 6.78. The van der Waals surface area contributed by atoms with Crippen molar-refractivity contribution in [1.82, 2.24) is 0 Å². The summed E-state index contributed by atoms with van der Waals surface area (Å²) in [5, 5.41) is 10.1. The van der Waals surface area contributed by atoms with E-state index < -0.39 is 28.7 Å². The minimum atomic E-state index is -0.686. The quantitative estimate of drug-likeness (QED) is 0.161. The van der Waals surface area contributed by atoms with Crippen LogP contribution >= 0.6 is 18.6 Å². The Hall–Kier alpha value is -2.70. The standard InChI is InChI=1S/C19H21N.C14H9F2N2.CH3.2ClH.Ti/c1-13-12-16-15-10-6-7-11-17(15)20(2)19(16)18(13)14-8-4-3-5-9-14;15-11-6-3-7-12(16)13(11)18-8-9-4-1-2-5-10(9)14(18)17;;;;/h3-11,13,16,18-19H,12H2,1-2H3;1-7H,8H2;1H3;2*1H;/q;2*-1;;;+2/p-2. The number of para-hydroxylation sites is 2. The second-order valence-electron chi connectivity index (χ2n) is 10.6. The summed E-state index contributed by atoms with van der Waals surface area (Å²) in [5.74, 6) is 0.622. The first-order chi connectivity index (χ1) is 19.9. The van der Waals surface area contributed by atoms with Crippen molar-refractivity contribution < 1.29 is 25.8 Å². The summed E-state index contributed by atoms with van der Waals surface area (Å²) in [7, 11) is 12.1. The molecule has 2 aliphatic heterocycles. The minimum Gasteiger partial charge on any atom is -0.464 e. The van der Waals surface area contributed by atoms with Crippen LogP contribution in [0.2, 0.25) is 0 Å². The number of nitrogens with zero attached hydrogens (tertiary/aromatic N) is 3. The van der Waals surface area contributed by atoms with Crippen LogP contribution in [0.5, 0.6) is 0 Å². The molecule has 218 valence electrons. The smallest absolute Gasteiger partial charge is 0.129 e. The van der Waals surface area contributed by atoms with E-state index in [0.29, 0.717) is 23.4 Å². The predicted octanol–water partition coefficient (Wildman–Crippen LogP) is 9.54. The Morgan fingerprint density at radius 3 is 2.10 bits per heavy atom. The number of amidine groups is 1. The summed E-state index contributed by atoms with van der Waals surface area (Å²) in [4.78, 5) is 3.77. The number of hydrogen-bond acceptors (Lipinski definition) is 1. The van der Waals surface area contributed by atoms with Crippen molar-refractivity contribution in [3.8, 4) is 0 Å². The molecule has 3 nitrogen and oxygen atoms in total. The second kappa shape index (κ2) is 14.2. The zero-order chi connectivity index (χ0) is 29.1. The number of anilines is 2. The molecule has 0 radical (unpaired) electrons. The van der Waals surface area contributed by atoms with Gasteiger partial charge in [0, 0.05) is 36.3 Å². The Morgan fingerprint density at radius 1 is 0.833 bits per heavy atom. The van der Waals surface area contributed by atoms with Gasteiger partial charge in [-0.2, -0.15) is 0 Å². The average Bonchev–Trinajstić information content (AvgIpc) is 3.59. The first kappa shape index (κ1) is 32.2. The summed E-state index contributed by atoms with van der Waals surface area (Å²) >= 11 is -0.556. The molecule has 1 saturated carbocycles. The topological polar surface area (TPSA) is 28.8 Å². The molecule has 2 heterocycles. The second-order valence-corrected chi connectivity index (χ2v) is 13.2. The molecule has 8 heteroatoms. The molecule has 0 amide bonds. The van der Waals surface area contributed by atoms with Crippen molar-refractivity contribution in [3.63, 3.8) is 0 Å². The van der Waals surface area contributed by atoms with E-state index >= 15 is 0 Å². The molecule has 1 aliphatic carbocycles. The van der Waals surface area contributed by atoms with Gasteiger partial charge in [0.25, 0.3) is 0 Å². The first-order valence-electron chi connectivity index (χ1n) is 13.6. The molecule has 4 atom stereocenters. The first-order valence-corrected chi connectivity index (χ1v) is 17.9. The zero-order valence-corrected chi connectivity index (χ0v) is 26.9. The van der Waals surface area contributed by atoms with Crippen LogP contribution < -0.4 is 9.80 Å². The molecule has 7 rings (SSSR count). The Kier molecular flexibility index (Phi) is 10.9. The molecule has 3 aliphatic rings. The van der Waals surface area contributed by atoms with E-state index in [2.05, 4.69) is 73.5 Å². The minimum absolute atomic E-state index is 0. The molecule has 0 bridgehead atoms. The maximum absolute atomic E-state index is 13.7. The van der Waals surface area contributed by atoms with Crippen LogP contribution in [0.3, 0.4) is 0 Å². The third-order valence-electron chi connectivity index (χ3n) is 8.42. The Labute approximate surface area is 264 Å². The van der Waals surface area contributed by atoms with Crippen molar-refractivity contribution in [2.24, 2.45) is 5.92 Å². The average molecular weight is 640 g/mol. The van der Waals surface area contributed by atoms with E-state index in [9.17, 15) is 14.2 Å². The number of rotatable bonds is 2. The Morgan fingerprint density at radius 2 is 1.43 bits per heavy atom. The van der Waals surface area contributed by atoms with Gasteiger partial charge in [-0.3, -0.25) is 0 Å². The van der Waals surface area contributed by atoms with Gasteiger partial charge in [0.1, 0.15) is 11.6 Å². The van der Waals surface area contributed by atoms with Gasteiger partial charge in [-0.15, -0.1) is 0 Å². The number of benzene rings is 4. The summed E-state index contributed by atoms with van der Waals surface area (Å²) < 4.78 is 27.4. The molecule has 4 aromatic rings. The number of halogens is 4. The number of likely N-dealkylation sites (N-methyl/N-ethyl adjacent to an activating group) is 1. The van der Waals surface area contributed by atoms with Crippen molar-refractivity contribution in [2.75, 3.05) is 16.8 Å². The van der Waals surface area contributed by atoms with Crippen LogP contribution in [0.1, 0.15) is 47.4 Å². The summed E-state index contributed by atoms with van der Waals surface area (Å²) in [5.41, 5.74) is 5.75. The van der Waals surface area contributed by atoms with Gasteiger partial charge in [-0.05, 0) is 59.3 Å². The molecule has 0 saturated heterocycles. The van der Waals surface area contributed by atoms with E-state index in [-0.39, 0.29) is 25.5 Å². The summed E-state index contributed by atoms with van der Waals surface area (Å²) in [6, 6.07) is 31.5. The summed E-state index contributed by atoms with van der Waals surface area (Å²) in [6.45, 7) is 2.69. The van der Waals surface area contributed by atoms with Crippen molar-refractivity contribution in [3.05, 3.63) is 144 Å². The van der Waals surface area contributed by atoms with E-state index in [4.69, 9.17) is 18.6 Å². The molecule has 1 fully saturated rings. The maximum Gasteiger partial charge on any atom is 0.129 e. The summed E-state index contributed by atoms with van der Waals surface area (Å²) in [6.07, 6.45) is 1.31. The maximum atomic E-state index is 13.7. The van der Waals surface area contributed by atoms with E-state index in [1.807, 2.05) is 12.1 Å². The van der Waals surface area contributed by atoms with Crippen molar-refractivity contribution in [1.29, 1.82) is 0 Å². The van der Waals surface area contributed by atoms with E-state index in [1.165, 1.54) is 40.8 Å². The molecule has 0 N–H and O–H groups in total. The van der Waals surface area contributed by atoms with Crippen LogP contribution in [-0.4, -0.2) is 18.9 Å². The monoisotopic (exact) mass is 639 g/mol. The molecule has 0 aromatic heterocycles. The van der Waals surface area contributed by atoms with Gasteiger partial charge >= 0.3 is 35.6 Å². The van der Waals surface area contributed by atoms with Crippen molar-refractivity contribution in [2.45, 2.75) is 37.8 Å². The van der Waals surface area contributed by atoms with Gasteiger partial charge < -0.3 is 22.6 Å². The molecular weight excluding hydrogens is 607 g/mol. The van der Waals surface area contributed by atoms with E-state index in [0.717, 1.165) is 11.5 Å². The van der Waals surface area contributed by atoms with Crippen molar-refractivity contribution >= 4 is 35.8 Å². The molecule has 4 unspecified atom stereocenters. The van der Waals surface area contributed by atoms with Gasteiger partial charge in [-0.1, -0.05) is 91.6 Å². The largest absolute Gasteiger partial charge is 0.464 e. The van der Waals surface area contributed by atoms with Gasteiger partial charge in [0.15, 0.2) is 0 Å². The van der Waals surface area contributed by atoms with Gasteiger partial charge in [0.05, 0.1) is 0 Å². The molecule has 0 spiro atoms. The van der Waals surface area contributed by atoms with Gasteiger partial charge in [0.2, 0.25) is 0 Å².